The Kier molecular flexibility index (Phi) is 4.29. The van der Waals surface area contributed by atoms with E-state index in [0.717, 1.165) is 11.3 Å². The molecule has 0 unspecified atom stereocenters. The molecule has 0 saturated carbocycles. The summed E-state index contributed by atoms with van der Waals surface area (Å²) in [6.07, 6.45) is 0.492. The van der Waals surface area contributed by atoms with Gasteiger partial charge in [-0.3, -0.25) is 9.59 Å². The van der Waals surface area contributed by atoms with Crippen molar-refractivity contribution in [1.82, 2.24) is 5.06 Å². The zero-order chi connectivity index (χ0) is 17.1. The van der Waals surface area contributed by atoms with Crippen molar-refractivity contribution < 1.29 is 24.0 Å². The predicted molar refractivity (Wildman–Crippen MR) is 84.3 cm³/mol. The van der Waals surface area contributed by atoms with Crippen LogP contribution in [-0.2, 0) is 16.1 Å². The third-order valence-corrected chi connectivity index (χ3v) is 3.73. The van der Waals surface area contributed by atoms with Gasteiger partial charge in [0.05, 0.1) is 24.7 Å². The van der Waals surface area contributed by atoms with E-state index in [1.54, 1.807) is 31.4 Å². The van der Waals surface area contributed by atoms with Crippen LogP contribution in [0.1, 0.15) is 32.7 Å². The predicted octanol–water partition coefficient (Wildman–Crippen LogP) is 2.38. The number of rotatable bonds is 5. The maximum Gasteiger partial charge on any atom is 0.333 e. The normalized spacial score (nSPS) is 13.0. The highest BCUT2D eigenvalue weighted by atomic mass is 16.7. The fourth-order valence-electron chi connectivity index (χ4n) is 2.44. The molecule has 0 aliphatic carbocycles. The summed E-state index contributed by atoms with van der Waals surface area (Å²) >= 11 is 0. The number of hydrogen-bond donors (Lipinski definition) is 0. The molecule has 1 aliphatic heterocycles. The minimum Gasteiger partial charge on any atom is -0.497 e. The minimum atomic E-state index is -0.639. The van der Waals surface area contributed by atoms with Crippen LogP contribution in [0.5, 0.6) is 5.75 Å². The molecule has 2 aromatic carbocycles. The van der Waals surface area contributed by atoms with E-state index < -0.39 is 17.8 Å². The molecule has 0 fully saturated rings. The molecule has 3 rings (SSSR count). The Labute approximate surface area is 138 Å². The smallest absolute Gasteiger partial charge is 0.333 e. The van der Waals surface area contributed by atoms with Gasteiger partial charge in [0.1, 0.15) is 5.75 Å². The average Bonchev–Trinajstić information content (AvgIpc) is 2.86. The zero-order valence-corrected chi connectivity index (χ0v) is 13.0. The highest BCUT2D eigenvalue weighted by molar-refractivity contribution is 6.20. The minimum absolute atomic E-state index is 0.0553. The van der Waals surface area contributed by atoms with Crippen LogP contribution in [0.2, 0.25) is 0 Å². The number of fused-ring (bicyclic) bond motifs is 1. The molecule has 122 valence electrons. The first-order chi connectivity index (χ1) is 11.6. The van der Waals surface area contributed by atoms with Crippen LogP contribution in [0.25, 0.3) is 0 Å². The molecule has 24 heavy (non-hydrogen) atoms. The Hall–Kier alpha value is -3.15. The number of carbonyl (C=O) groups excluding carboxylic acids is 3. The van der Waals surface area contributed by atoms with E-state index in [1.165, 1.54) is 12.1 Å². The quantitative estimate of drug-likeness (QED) is 0.789. The van der Waals surface area contributed by atoms with Gasteiger partial charge in [-0.05, 0) is 36.2 Å². The molecule has 0 radical (unpaired) electrons. The first-order valence-corrected chi connectivity index (χ1v) is 7.41. The van der Waals surface area contributed by atoms with Gasteiger partial charge in [0, 0.05) is 0 Å². The van der Waals surface area contributed by atoms with Crippen molar-refractivity contribution in [3.05, 3.63) is 65.2 Å². The lowest BCUT2D eigenvalue weighted by molar-refractivity contribution is -0.168. The number of carbonyl (C=O) groups is 3. The summed E-state index contributed by atoms with van der Waals surface area (Å²) in [7, 11) is 1.58. The monoisotopic (exact) mass is 325 g/mol. The third-order valence-electron chi connectivity index (χ3n) is 3.73. The fraction of sp³-hybridized carbons (Fsp3) is 0.167. The number of hydrogen-bond acceptors (Lipinski definition) is 5. The zero-order valence-electron chi connectivity index (χ0n) is 13.0. The van der Waals surface area contributed by atoms with Gasteiger partial charge in [-0.2, -0.15) is 0 Å². The first-order valence-electron chi connectivity index (χ1n) is 7.41. The van der Waals surface area contributed by atoms with Crippen LogP contribution in [0.3, 0.4) is 0 Å². The van der Waals surface area contributed by atoms with Crippen molar-refractivity contribution >= 4 is 17.8 Å². The van der Waals surface area contributed by atoms with Crippen LogP contribution < -0.4 is 4.74 Å². The van der Waals surface area contributed by atoms with E-state index in [2.05, 4.69) is 0 Å². The lowest BCUT2D eigenvalue weighted by Crippen LogP contribution is -2.32. The van der Waals surface area contributed by atoms with Crippen LogP contribution >= 0.6 is 0 Å². The number of amides is 2. The second-order valence-corrected chi connectivity index (χ2v) is 5.26. The number of nitrogens with zero attached hydrogens (tertiary/aromatic N) is 1. The molecule has 0 N–H and O–H groups in total. The Balaban J connectivity index is 1.59. The molecule has 6 heteroatoms. The fourth-order valence-corrected chi connectivity index (χ4v) is 2.44. The van der Waals surface area contributed by atoms with Gasteiger partial charge in [0.2, 0.25) is 0 Å². The lowest BCUT2D eigenvalue weighted by atomic mass is 10.1. The molecule has 2 aromatic rings. The van der Waals surface area contributed by atoms with E-state index in [1.807, 2.05) is 12.1 Å². The molecule has 0 bridgehead atoms. The van der Waals surface area contributed by atoms with E-state index in [9.17, 15) is 14.4 Å². The maximum absolute atomic E-state index is 12.1. The molecule has 6 nitrogen and oxygen atoms in total. The second kappa shape index (κ2) is 6.54. The Morgan fingerprint density at radius 2 is 1.54 bits per heavy atom. The van der Waals surface area contributed by atoms with Crippen LogP contribution in [-0.4, -0.2) is 30.0 Å². The number of methoxy groups -OCH3 is 1. The number of aryl methyl sites for hydroxylation is 1. The van der Waals surface area contributed by atoms with Crippen molar-refractivity contribution in [3.63, 3.8) is 0 Å². The molecule has 2 amide bonds. The molecule has 0 saturated heterocycles. The van der Waals surface area contributed by atoms with Gasteiger partial charge in [0.25, 0.3) is 11.8 Å². The Bertz CT molecular complexity index is 762. The maximum atomic E-state index is 12.1. The standard InChI is InChI=1S/C18H15NO5/c1-23-13-9-6-12(7-10-13)8-11-16(20)24-19-17(21)14-4-2-3-5-15(14)18(19)22/h2-7,9-10H,8,11H2,1H3. The Morgan fingerprint density at radius 3 is 2.08 bits per heavy atom. The second-order valence-electron chi connectivity index (χ2n) is 5.26. The topological polar surface area (TPSA) is 72.9 Å². The summed E-state index contributed by atoms with van der Waals surface area (Å²) in [6, 6.07) is 13.6. The largest absolute Gasteiger partial charge is 0.497 e. The van der Waals surface area contributed by atoms with E-state index in [-0.39, 0.29) is 17.5 Å². The highest BCUT2D eigenvalue weighted by Gasteiger charge is 2.38. The summed E-state index contributed by atoms with van der Waals surface area (Å²) in [5.41, 5.74) is 1.41. The van der Waals surface area contributed by atoms with E-state index >= 15 is 0 Å². The molecular formula is C18H15NO5. The summed E-state index contributed by atoms with van der Waals surface area (Å²) in [5.74, 6) is -1.14. The third kappa shape index (κ3) is 2.99. The van der Waals surface area contributed by atoms with Gasteiger partial charge in [-0.1, -0.05) is 29.3 Å². The number of imide groups is 1. The van der Waals surface area contributed by atoms with Gasteiger partial charge in [-0.15, -0.1) is 0 Å². The molecule has 1 aliphatic rings. The van der Waals surface area contributed by atoms with Crippen LogP contribution in [0, 0.1) is 0 Å². The SMILES string of the molecule is COc1ccc(CCC(=O)ON2C(=O)c3ccccc3C2=O)cc1. The van der Waals surface area contributed by atoms with E-state index in [0.29, 0.717) is 11.5 Å². The number of hydroxylamine groups is 2. The van der Waals surface area contributed by atoms with Crippen molar-refractivity contribution in [1.29, 1.82) is 0 Å². The van der Waals surface area contributed by atoms with Crippen molar-refractivity contribution in [3.8, 4) is 5.75 Å². The molecular weight excluding hydrogens is 310 g/mol. The van der Waals surface area contributed by atoms with Crippen molar-refractivity contribution in [2.45, 2.75) is 12.8 Å². The number of ether oxygens (including phenoxy) is 1. The highest BCUT2D eigenvalue weighted by Crippen LogP contribution is 2.23. The summed E-state index contributed by atoms with van der Waals surface area (Å²) in [5, 5.41) is 0.529. The molecule has 0 atom stereocenters. The van der Waals surface area contributed by atoms with Gasteiger partial charge in [-0.25, -0.2) is 4.79 Å². The molecule has 0 spiro atoms. The average molecular weight is 325 g/mol. The van der Waals surface area contributed by atoms with Crippen LogP contribution in [0.15, 0.2) is 48.5 Å². The lowest BCUT2D eigenvalue weighted by Gasteiger charge is -2.12. The van der Waals surface area contributed by atoms with E-state index in [4.69, 9.17) is 9.57 Å². The summed E-state index contributed by atoms with van der Waals surface area (Å²) in [4.78, 5) is 41.1. The van der Waals surface area contributed by atoms with Gasteiger partial charge in [0.15, 0.2) is 0 Å². The van der Waals surface area contributed by atoms with Crippen molar-refractivity contribution in [2.24, 2.45) is 0 Å². The van der Waals surface area contributed by atoms with Crippen molar-refractivity contribution in [2.75, 3.05) is 7.11 Å². The van der Waals surface area contributed by atoms with Gasteiger partial charge >= 0.3 is 5.97 Å². The van der Waals surface area contributed by atoms with Gasteiger partial charge < -0.3 is 9.57 Å². The summed E-state index contributed by atoms with van der Waals surface area (Å²) < 4.78 is 5.06. The van der Waals surface area contributed by atoms with Crippen LogP contribution in [0.4, 0.5) is 0 Å². The molecule has 1 heterocycles. The molecule has 0 aromatic heterocycles. The summed E-state index contributed by atoms with van der Waals surface area (Å²) in [6.45, 7) is 0. The number of benzene rings is 2. The first kappa shape index (κ1) is 15.7. The Morgan fingerprint density at radius 1 is 0.958 bits per heavy atom.